The summed E-state index contributed by atoms with van der Waals surface area (Å²) in [6, 6.07) is 23.9. The monoisotopic (exact) mass is 641 g/mol. The van der Waals surface area contributed by atoms with E-state index in [9.17, 15) is 4.39 Å². The first-order chi connectivity index (χ1) is 16.5. The fourth-order valence-corrected chi connectivity index (χ4v) is 4.54. The maximum Gasteiger partial charge on any atom is 0.122 e. The SMILES string of the molecule is CC1(C)c2c([c-]ccc2F)-c2nccc3cccc1c23.COc1ccnc(-c2ccccn2)c1.[Ir]. The molecule has 35 heavy (non-hydrogen) atoms. The van der Waals surface area contributed by atoms with Crippen LogP contribution in [-0.2, 0) is 25.5 Å². The summed E-state index contributed by atoms with van der Waals surface area (Å²) in [7, 11) is 1.64. The van der Waals surface area contributed by atoms with E-state index >= 15 is 0 Å². The molecule has 0 saturated heterocycles. The van der Waals surface area contributed by atoms with Gasteiger partial charge in [-0.05, 0) is 51.7 Å². The summed E-state index contributed by atoms with van der Waals surface area (Å²) in [5.74, 6) is 0.609. The Labute approximate surface area is 217 Å². The van der Waals surface area contributed by atoms with E-state index in [0.717, 1.165) is 44.7 Å². The minimum atomic E-state index is -0.382. The summed E-state index contributed by atoms with van der Waals surface area (Å²) in [6.45, 7) is 4.13. The van der Waals surface area contributed by atoms with Gasteiger partial charge in [0.1, 0.15) is 5.75 Å². The number of methoxy groups -OCH3 is 1. The summed E-state index contributed by atoms with van der Waals surface area (Å²) in [6.07, 6.45) is 5.24. The maximum atomic E-state index is 14.4. The van der Waals surface area contributed by atoms with Crippen LogP contribution in [0.4, 0.5) is 4.39 Å². The van der Waals surface area contributed by atoms with E-state index in [0.29, 0.717) is 5.56 Å². The fraction of sp³-hybridized carbons (Fsp3) is 0.138. The van der Waals surface area contributed by atoms with Gasteiger partial charge in [0, 0.05) is 50.6 Å². The number of aromatic nitrogens is 3. The quantitative estimate of drug-likeness (QED) is 0.203. The van der Waals surface area contributed by atoms with Gasteiger partial charge in [0.25, 0.3) is 0 Å². The van der Waals surface area contributed by atoms with Crippen LogP contribution in [-0.4, -0.2) is 22.1 Å². The van der Waals surface area contributed by atoms with E-state index in [1.54, 1.807) is 31.8 Å². The van der Waals surface area contributed by atoms with Crippen LogP contribution in [0, 0.1) is 11.9 Å². The van der Waals surface area contributed by atoms with Gasteiger partial charge in [0.05, 0.1) is 18.5 Å². The van der Waals surface area contributed by atoms with Gasteiger partial charge in [-0.2, -0.15) is 0 Å². The summed E-state index contributed by atoms with van der Waals surface area (Å²) in [5, 5.41) is 2.26. The normalized spacial score (nSPS) is 12.6. The second-order valence-electron chi connectivity index (χ2n) is 8.56. The number of ether oxygens (including phenoxy) is 1. The molecule has 0 unspecified atom stereocenters. The molecule has 4 nitrogen and oxygen atoms in total. The van der Waals surface area contributed by atoms with Gasteiger partial charge in [-0.1, -0.05) is 43.7 Å². The van der Waals surface area contributed by atoms with E-state index in [2.05, 4.69) is 47.0 Å². The van der Waals surface area contributed by atoms with Crippen molar-refractivity contribution in [2.24, 2.45) is 0 Å². The minimum Gasteiger partial charge on any atom is -0.497 e. The summed E-state index contributed by atoms with van der Waals surface area (Å²) < 4.78 is 19.5. The van der Waals surface area contributed by atoms with E-state index in [1.807, 2.05) is 42.5 Å². The Morgan fingerprint density at radius 2 is 1.66 bits per heavy atom. The first kappa shape index (κ1) is 24.6. The zero-order valence-corrected chi connectivity index (χ0v) is 21.9. The molecule has 0 N–H and O–H groups in total. The zero-order chi connectivity index (χ0) is 23.7. The van der Waals surface area contributed by atoms with Gasteiger partial charge in [0.15, 0.2) is 0 Å². The second kappa shape index (κ2) is 10.0. The van der Waals surface area contributed by atoms with E-state index < -0.39 is 0 Å². The van der Waals surface area contributed by atoms with Gasteiger partial charge < -0.3 is 9.72 Å². The molecule has 3 heterocycles. The molecule has 6 heteroatoms. The average Bonchev–Trinajstić information content (AvgIpc) is 2.88. The third kappa shape index (κ3) is 4.47. The largest absolute Gasteiger partial charge is 0.497 e. The molecule has 0 atom stereocenters. The second-order valence-corrected chi connectivity index (χ2v) is 8.56. The molecule has 1 aliphatic carbocycles. The predicted octanol–water partition coefficient (Wildman–Crippen LogP) is 6.63. The Morgan fingerprint density at radius 1 is 0.857 bits per heavy atom. The third-order valence-electron chi connectivity index (χ3n) is 6.17. The molecule has 0 amide bonds. The van der Waals surface area contributed by atoms with Crippen molar-refractivity contribution >= 4 is 10.8 Å². The molecule has 5 aromatic rings. The zero-order valence-electron chi connectivity index (χ0n) is 19.5. The number of hydrogen-bond donors (Lipinski definition) is 0. The van der Waals surface area contributed by atoms with Crippen LogP contribution in [0.1, 0.15) is 25.0 Å². The molecule has 2 aromatic carbocycles. The first-order valence-corrected chi connectivity index (χ1v) is 11.0. The first-order valence-electron chi connectivity index (χ1n) is 11.0. The molecule has 0 spiro atoms. The fourth-order valence-electron chi connectivity index (χ4n) is 4.54. The molecular weight excluding hydrogens is 618 g/mol. The molecule has 1 aliphatic rings. The van der Waals surface area contributed by atoms with E-state index in [1.165, 1.54) is 6.07 Å². The minimum absolute atomic E-state index is 0. The van der Waals surface area contributed by atoms with Gasteiger partial charge >= 0.3 is 0 Å². The van der Waals surface area contributed by atoms with Crippen molar-refractivity contribution < 1.29 is 29.2 Å². The molecular formula is C29H23FIrN3O-. The molecule has 1 radical (unpaired) electrons. The van der Waals surface area contributed by atoms with Gasteiger partial charge in [0.2, 0.25) is 0 Å². The molecule has 0 aliphatic heterocycles. The Bertz CT molecular complexity index is 1480. The average molecular weight is 641 g/mol. The third-order valence-corrected chi connectivity index (χ3v) is 6.17. The topological polar surface area (TPSA) is 47.9 Å². The molecule has 0 fully saturated rings. The summed E-state index contributed by atoms with van der Waals surface area (Å²) >= 11 is 0. The number of rotatable bonds is 2. The van der Waals surface area contributed by atoms with Crippen molar-refractivity contribution in [2.75, 3.05) is 7.11 Å². The van der Waals surface area contributed by atoms with Crippen molar-refractivity contribution in [3.8, 4) is 28.4 Å². The maximum absolute atomic E-state index is 14.4. The predicted molar refractivity (Wildman–Crippen MR) is 132 cm³/mol. The Hall–Kier alpha value is -3.47. The molecule has 0 bridgehead atoms. The van der Waals surface area contributed by atoms with Gasteiger partial charge in [-0.15, -0.1) is 23.8 Å². The standard InChI is InChI=1S/C18H13FN.C11H10N2O.Ir/c1-18(2)13-7-3-5-11-9-10-20-17(15(11)13)12-6-4-8-14(19)16(12)18;1-14-9-5-7-13-11(8-9)10-4-2-3-6-12-10;/h3-5,7-10H,1-2H3;2-8H,1H3;/q-1;;. The molecule has 0 saturated carbocycles. The number of halogens is 1. The van der Waals surface area contributed by atoms with Crippen molar-refractivity contribution in [1.82, 2.24) is 15.0 Å². The van der Waals surface area contributed by atoms with Crippen molar-refractivity contribution in [2.45, 2.75) is 19.3 Å². The van der Waals surface area contributed by atoms with Crippen LogP contribution in [0.15, 0.2) is 85.3 Å². The van der Waals surface area contributed by atoms with E-state index in [4.69, 9.17) is 4.74 Å². The van der Waals surface area contributed by atoms with Crippen molar-refractivity contribution in [1.29, 1.82) is 0 Å². The smallest absolute Gasteiger partial charge is 0.122 e. The number of hydrogen-bond acceptors (Lipinski definition) is 4. The number of benzene rings is 2. The number of fused-ring (bicyclic) bond motifs is 2. The summed E-state index contributed by atoms with van der Waals surface area (Å²) in [4.78, 5) is 12.9. The van der Waals surface area contributed by atoms with Crippen LogP contribution >= 0.6 is 0 Å². The Morgan fingerprint density at radius 3 is 2.43 bits per heavy atom. The van der Waals surface area contributed by atoms with Crippen molar-refractivity contribution in [3.63, 3.8) is 0 Å². The van der Waals surface area contributed by atoms with E-state index in [-0.39, 0.29) is 31.3 Å². The van der Waals surface area contributed by atoms with Crippen LogP contribution in [0.25, 0.3) is 33.4 Å². The number of pyridine rings is 3. The van der Waals surface area contributed by atoms with Crippen LogP contribution < -0.4 is 4.74 Å². The number of nitrogens with zero attached hydrogens (tertiary/aromatic N) is 3. The van der Waals surface area contributed by atoms with Crippen LogP contribution in [0.2, 0.25) is 0 Å². The Kier molecular flexibility index (Phi) is 7.06. The van der Waals surface area contributed by atoms with Crippen molar-refractivity contribution in [3.05, 3.63) is 108 Å². The van der Waals surface area contributed by atoms with Gasteiger partial charge in [-0.3, -0.25) is 9.97 Å². The Balaban J connectivity index is 0.000000171. The molecule has 177 valence electrons. The van der Waals surface area contributed by atoms with Gasteiger partial charge in [-0.25, -0.2) is 4.39 Å². The van der Waals surface area contributed by atoms with Crippen LogP contribution in [0.3, 0.4) is 0 Å². The molecule has 6 rings (SSSR count). The summed E-state index contributed by atoms with van der Waals surface area (Å²) in [5.41, 5.74) is 4.75. The molecule has 3 aromatic heterocycles. The van der Waals surface area contributed by atoms with Crippen LogP contribution in [0.5, 0.6) is 5.75 Å².